The highest BCUT2D eigenvalue weighted by Crippen LogP contribution is 2.25. The predicted octanol–water partition coefficient (Wildman–Crippen LogP) is 2.63. The fourth-order valence-corrected chi connectivity index (χ4v) is 3.92. The summed E-state index contributed by atoms with van der Waals surface area (Å²) in [6.07, 6.45) is 3.09. The molecule has 2 N–H and O–H groups in total. The normalized spacial score (nSPS) is 16.7. The van der Waals surface area contributed by atoms with E-state index in [-0.39, 0.29) is 29.5 Å². The van der Waals surface area contributed by atoms with E-state index >= 15 is 0 Å². The molecular weight excluding hydrogens is 479 g/mol. The molecule has 1 aromatic heterocycles. The summed E-state index contributed by atoms with van der Waals surface area (Å²) >= 11 is 0. The molecule has 1 aliphatic heterocycles. The molecule has 0 amide bonds. The van der Waals surface area contributed by atoms with Crippen LogP contribution in [0.4, 0.5) is 0 Å². The van der Waals surface area contributed by atoms with E-state index < -0.39 is 0 Å². The molecule has 0 unspecified atom stereocenters. The van der Waals surface area contributed by atoms with Gasteiger partial charge in [0.1, 0.15) is 5.82 Å². The van der Waals surface area contributed by atoms with Crippen molar-refractivity contribution in [2.75, 3.05) is 47.4 Å². The molecule has 2 heterocycles. The van der Waals surface area contributed by atoms with E-state index in [0.29, 0.717) is 0 Å². The van der Waals surface area contributed by atoms with Crippen LogP contribution >= 0.6 is 24.0 Å². The SMILES string of the molecule is CN=C(NCCCn1c(C)nc2ccccc21)NCC1(N(C)C)CCOCC1.I. The maximum absolute atomic E-state index is 5.56. The minimum Gasteiger partial charge on any atom is -0.381 e. The van der Waals surface area contributed by atoms with Crippen LogP contribution < -0.4 is 10.6 Å². The summed E-state index contributed by atoms with van der Waals surface area (Å²) in [4.78, 5) is 11.4. The summed E-state index contributed by atoms with van der Waals surface area (Å²) in [6.45, 7) is 6.39. The minimum atomic E-state index is 0. The summed E-state index contributed by atoms with van der Waals surface area (Å²) in [5.74, 6) is 1.93. The number of halogens is 1. The molecule has 8 heteroatoms. The average molecular weight is 514 g/mol. The molecule has 1 fully saturated rings. The highest BCUT2D eigenvalue weighted by molar-refractivity contribution is 14.0. The van der Waals surface area contributed by atoms with Crippen molar-refractivity contribution >= 4 is 41.0 Å². The fraction of sp³-hybridized carbons (Fsp3) is 0.619. The van der Waals surface area contributed by atoms with Gasteiger partial charge in [-0.25, -0.2) is 4.98 Å². The van der Waals surface area contributed by atoms with E-state index in [0.717, 1.165) is 69.4 Å². The van der Waals surface area contributed by atoms with Gasteiger partial charge in [0.15, 0.2) is 5.96 Å². The zero-order valence-corrected chi connectivity index (χ0v) is 20.4. The molecule has 7 nitrogen and oxygen atoms in total. The Morgan fingerprint density at radius 2 is 1.97 bits per heavy atom. The summed E-state index contributed by atoms with van der Waals surface area (Å²) < 4.78 is 7.84. The fourth-order valence-electron chi connectivity index (χ4n) is 3.92. The number of rotatable bonds is 7. The number of hydrogen-bond donors (Lipinski definition) is 2. The molecule has 0 atom stereocenters. The number of ether oxygens (including phenoxy) is 1. The molecule has 0 bridgehead atoms. The number of fused-ring (bicyclic) bond motifs is 1. The first-order valence-corrected chi connectivity index (χ1v) is 10.2. The van der Waals surface area contributed by atoms with Crippen molar-refractivity contribution in [3.63, 3.8) is 0 Å². The molecule has 3 rings (SSSR count). The van der Waals surface area contributed by atoms with Crippen LogP contribution in [0.1, 0.15) is 25.1 Å². The number of aryl methyl sites for hydroxylation is 2. The highest BCUT2D eigenvalue weighted by atomic mass is 127. The van der Waals surface area contributed by atoms with Gasteiger partial charge in [-0.05, 0) is 52.4 Å². The van der Waals surface area contributed by atoms with Crippen molar-refractivity contribution in [2.45, 2.75) is 38.3 Å². The smallest absolute Gasteiger partial charge is 0.191 e. The predicted molar refractivity (Wildman–Crippen MR) is 130 cm³/mol. The lowest BCUT2D eigenvalue weighted by Gasteiger charge is -2.43. The highest BCUT2D eigenvalue weighted by Gasteiger charge is 2.34. The van der Waals surface area contributed by atoms with Crippen LogP contribution in [0.15, 0.2) is 29.3 Å². The number of aromatic nitrogens is 2. The second-order valence-electron chi connectivity index (χ2n) is 7.74. The van der Waals surface area contributed by atoms with E-state index in [1.807, 2.05) is 13.1 Å². The van der Waals surface area contributed by atoms with Crippen LogP contribution in [0.2, 0.25) is 0 Å². The first-order chi connectivity index (χ1) is 13.6. The number of hydrogen-bond acceptors (Lipinski definition) is 4. The number of likely N-dealkylation sites (N-methyl/N-ethyl adjacent to an activating group) is 1. The maximum Gasteiger partial charge on any atom is 0.191 e. The van der Waals surface area contributed by atoms with Crippen LogP contribution in [-0.4, -0.2) is 73.4 Å². The summed E-state index contributed by atoms with van der Waals surface area (Å²) in [6, 6.07) is 8.31. The van der Waals surface area contributed by atoms with Gasteiger partial charge in [0.25, 0.3) is 0 Å². The van der Waals surface area contributed by atoms with Crippen LogP contribution in [0.3, 0.4) is 0 Å². The molecule has 29 heavy (non-hydrogen) atoms. The van der Waals surface area contributed by atoms with E-state index in [9.17, 15) is 0 Å². The summed E-state index contributed by atoms with van der Waals surface area (Å²) in [5.41, 5.74) is 2.40. The lowest BCUT2D eigenvalue weighted by Crippen LogP contribution is -2.57. The summed E-state index contributed by atoms with van der Waals surface area (Å²) in [5, 5.41) is 6.97. The van der Waals surface area contributed by atoms with Gasteiger partial charge in [-0.2, -0.15) is 0 Å². The third-order valence-electron chi connectivity index (χ3n) is 5.88. The van der Waals surface area contributed by atoms with Gasteiger partial charge in [-0.1, -0.05) is 12.1 Å². The molecule has 1 aromatic carbocycles. The standard InChI is InChI=1S/C21H34N6O.HI/c1-17-25-18-8-5-6-9-19(18)27(17)13-7-12-23-20(22-2)24-16-21(26(3)4)10-14-28-15-11-21;/h5-6,8-9H,7,10-16H2,1-4H3,(H2,22,23,24);1H. The topological polar surface area (TPSA) is 66.7 Å². The van der Waals surface area contributed by atoms with Crippen molar-refractivity contribution in [1.29, 1.82) is 0 Å². The number of aliphatic imine (C=N–C) groups is 1. The monoisotopic (exact) mass is 514 g/mol. The lowest BCUT2D eigenvalue weighted by atomic mass is 9.88. The largest absolute Gasteiger partial charge is 0.381 e. The minimum absolute atomic E-state index is 0. The van der Waals surface area contributed by atoms with E-state index in [4.69, 9.17) is 4.74 Å². The zero-order valence-electron chi connectivity index (χ0n) is 18.1. The third kappa shape index (κ3) is 5.82. The van der Waals surface area contributed by atoms with Crippen LogP contribution in [0.25, 0.3) is 11.0 Å². The number of guanidine groups is 1. The van der Waals surface area contributed by atoms with Crippen LogP contribution in [0.5, 0.6) is 0 Å². The van der Waals surface area contributed by atoms with Crippen LogP contribution in [0, 0.1) is 6.92 Å². The molecular formula is C21H35IN6O. The Morgan fingerprint density at radius 1 is 1.24 bits per heavy atom. The molecule has 162 valence electrons. The van der Waals surface area contributed by atoms with E-state index in [1.54, 1.807) is 0 Å². The molecule has 0 spiro atoms. The average Bonchev–Trinajstić information content (AvgIpc) is 3.03. The van der Waals surface area contributed by atoms with Gasteiger partial charge in [0, 0.05) is 45.4 Å². The van der Waals surface area contributed by atoms with E-state index in [2.05, 4.69) is 69.3 Å². The molecule has 0 radical (unpaired) electrons. The van der Waals surface area contributed by atoms with Crippen molar-refractivity contribution < 1.29 is 4.74 Å². The van der Waals surface area contributed by atoms with E-state index in [1.165, 1.54) is 5.52 Å². The van der Waals surface area contributed by atoms with Crippen molar-refractivity contribution in [1.82, 2.24) is 25.1 Å². The zero-order chi connectivity index (χ0) is 20.0. The number of benzene rings is 1. The van der Waals surface area contributed by atoms with Gasteiger partial charge in [-0.3, -0.25) is 4.99 Å². The number of imidazole rings is 1. The Morgan fingerprint density at radius 3 is 2.66 bits per heavy atom. The Hall–Kier alpha value is -1.39. The second kappa shape index (κ2) is 11.1. The second-order valence-corrected chi connectivity index (χ2v) is 7.74. The summed E-state index contributed by atoms with van der Waals surface area (Å²) in [7, 11) is 6.14. The van der Waals surface area contributed by atoms with Gasteiger partial charge in [0.2, 0.25) is 0 Å². The lowest BCUT2D eigenvalue weighted by molar-refractivity contribution is -0.00501. The Labute approximate surface area is 191 Å². The van der Waals surface area contributed by atoms with Gasteiger partial charge in [0.05, 0.1) is 11.0 Å². The number of para-hydroxylation sites is 2. The molecule has 0 aliphatic carbocycles. The third-order valence-corrected chi connectivity index (χ3v) is 5.88. The number of nitrogens with zero attached hydrogens (tertiary/aromatic N) is 4. The van der Waals surface area contributed by atoms with Gasteiger partial charge < -0.3 is 24.8 Å². The van der Waals surface area contributed by atoms with Gasteiger partial charge >= 0.3 is 0 Å². The van der Waals surface area contributed by atoms with Crippen molar-refractivity contribution in [2.24, 2.45) is 4.99 Å². The van der Waals surface area contributed by atoms with Crippen molar-refractivity contribution in [3.05, 3.63) is 30.1 Å². The maximum atomic E-state index is 5.56. The first-order valence-electron chi connectivity index (χ1n) is 10.2. The molecule has 1 aliphatic rings. The molecule has 2 aromatic rings. The Balaban J connectivity index is 0.00000300. The van der Waals surface area contributed by atoms with Crippen molar-refractivity contribution in [3.8, 4) is 0 Å². The van der Waals surface area contributed by atoms with Crippen LogP contribution in [-0.2, 0) is 11.3 Å². The quantitative estimate of drug-likeness (QED) is 0.258. The first kappa shape index (κ1) is 23.9. The van der Waals surface area contributed by atoms with Gasteiger partial charge in [-0.15, -0.1) is 24.0 Å². The number of nitrogens with one attached hydrogen (secondary N) is 2. The molecule has 1 saturated heterocycles. The Bertz CT molecular complexity index is 798. The molecule has 0 saturated carbocycles. The Kier molecular flexibility index (Phi) is 9.16.